The van der Waals surface area contributed by atoms with E-state index in [0.29, 0.717) is 19.3 Å². The van der Waals surface area contributed by atoms with Crippen LogP contribution in [0.5, 0.6) is 0 Å². The van der Waals surface area contributed by atoms with Gasteiger partial charge in [-0.3, -0.25) is 4.79 Å². The fraction of sp³-hybridized carbons (Fsp3) is 0.900. The zero-order chi connectivity index (χ0) is 13.9. The molecule has 0 amide bonds. The number of carboxylic acids is 1. The van der Waals surface area contributed by atoms with Crippen LogP contribution in [-0.2, 0) is 15.0 Å². The number of carboxylic acid groups (broad SMARTS) is 1. The first-order valence-corrected chi connectivity index (χ1v) is 7.30. The lowest BCUT2D eigenvalue weighted by atomic mass is 10.1. The average molecular weight is 280 g/mol. The van der Waals surface area contributed by atoms with E-state index >= 15 is 0 Å². The molecule has 2 unspecified atom stereocenters. The van der Waals surface area contributed by atoms with Crippen LogP contribution in [0, 0.1) is 0 Å². The summed E-state index contributed by atoms with van der Waals surface area (Å²) in [6.07, 6.45) is 1.70. The number of aliphatic carboxylic acids is 1. The number of likely N-dealkylation sites (N-methyl/N-ethyl adjacent to an activating group) is 1. The minimum Gasteiger partial charge on any atom is -0.480 e. The van der Waals surface area contributed by atoms with Gasteiger partial charge in [-0.1, -0.05) is 0 Å². The fourth-order valence-electron chi connectivity index (χ4n) is 1.94. The van der Waals surface area contributed by atoms with Crippen LogP contribution in [0.2, 0.25) is 0 Å². The van der Waals surface area contributed by atoms with E-state index in [1.165, 1.54) is 7.05 Å². The highest BCUT2D eigenvalue weighted by molar-refractivity contribution is 7.86. The monoisotopic (exact) mass is 280 g/mol. The second kappa shape index (κ2) is 5.96. The number of aliphatic hydroxyl groups excluding tert-OH is 1. The highest BCUT2D eigenvalue weighted by atomic mass is 32.2. The van der Waals surface area contributed by atoms with Gasteiger partial charge in [-0.25, -0.2) is 0 Å². The summed E-state index contributed by atoms with van der Waals surface area (Å²) < 4.78 is 26.6. The summed E-state index contributed by atoms with van der Waals surface area (Å²) in [6.45, 7) is 1.47. The Hall–Kier alpha value is -0.700. The van der Waals surface area contributed by atoms with Gasteiger partial charge in [0.1, 0.15) is 6.04 Å². The van der Waals surface area contributed by atoms with Gasteiger partial charge in [0, 0.05) is 19.6 Å². The minimum absolute atomic E-state index is 0.210. The van der Waals surface area contributed by atoms with E-state index < -0.39 is 28.3 Å². The Morgan fingerprint density at radius 2 is 2.11 bits per heavy atom. The molecule has 7 nitrogen and oxygen atoms in total. The molecule has 0 saturated carbocycles. The van der Waals surface area contributed by atoms with Crippen molar-refractivity contribution in [1.29, 1.82) is 0 Å². The highest BCUT2D eigenvalue weighted by Crippen LogP contribution is 2.23. The highest BCUT2D eigenvalue weighted by Gasteiger charge is 2.39. The molecule has 0 aliphatic carbocycles. The zero-order valence-electron chi connectivity index (χ0n) is 10.6. The van der Waals surface area contributed by atoms with Crippen molar-refractivity contribution in [2.75, 3.05) is 20.2 Å². The van der Waals surface area contributed by atoms with Gasteiger partial charge >= 0.3 is 5.97 Å². The van der Waals surface area contributed by atoms with E-state index in [1.807, 2.05) is 0 Å². The second-order valence-corrected chi connectivity index (χ2v) is 6.46. The Morgan fingerprint density at radius 3 is 2.61 bits per heavy atom. The Morgan fingerprint density at radius 1 is 1.50 bits per heavy atom. The van der Waals surface area contributed by atoms with Crippen LogP contribution in [0.1, 0.15) is 26.2 Å². The molecule has 1 heterocycles. The molecule has 0 bridgehead atoms. The Balaban J connectivity index is 2.98. The first kappa shape index (κ1) is 15.4. The summed E-state index contributed by atoms with van der Waals surface area (Å²) in [4.78, 5) is 11.1. The number of nitrogens with zero attached hydrogens (tertiary/aromatic N) is 2. The molecule has 0 aromatic rings. The first-order valence-electron chi connectivity index (χ1n) is 5.90. The summed E-state index contributed by atoms with van der Waals surface area (Å²) in [5.74, 6) is -1.12. The summed E-state index contributed by atoms with van der Waals surface area (Å²) in [5.41, 5.74) is 0. The lowest BCUT2D eigenvalue weighted by Gasteiger charge is -2.36. The van der Waals surface area contributed by atoms with E-state index in [4.69, 9.17) is 10.2 Å². The molecule has 1 rings (SSSR count). The van der Waals surface area contributed by atoms with E-state index in [2.05, 4.69) is 0 Å². The van der Waals surface area contributed by atoms with E-state index in [1.54, 1.807) is 6.92 Å². The predicted octanol–water partition coefficient (Wildman–Crippen LogP) is -0.517. The van der Waals surface area contributed by atoms with Gasteiger partial charge in [0.25, 0.3) is 10.2 Å². The molecule has 18 heavy (non-hydrogen) atoms. The van der Waals surface area contributed by atoms with Crippen molar-refractivity contribution < 1.29 is 23.4 Å². The van der Waals surface area contributed by atoms with Gasteiger partial charge in [0.05, 0.1) is 6.61 Å². The lowest BCUT2D eigenvalue weighted by Crippen LogP contribution is -2.54. The first-order chi connectivity index (χ1) is 8.32. The van der Waals surface area contributed by atoms with E-state index in [9.17, 15) is 13.2 Å². The predicted molar refractivity (Wildman–Crippen MR) is 65.2 cm³/mol. The fourth-order valence-corrected chi connectivity index (χ4v) is 3.67. The number of rotatable bonds is 5. The van der Waals surface area contributed by atoms with Crippen LogP contribution >= 0.6 is 0 Å². The molecule has 106 valence electrons. The maximum absolute atomic E-state index is 12.3. The van der Waals surface area contributed by atoms with Crippen molar-refractivity contribution in [2.45, 2.75) is 38.3 Å². The summed E-state index contributed by atoms with van der Waals surface area (Å²) >= 11 is 0. The number of hydrogen-bond donors (Lipinski definition) is 2. The maximum Gasteiger partial charge on any atom is 0.322 e. The Bertz CT molecular complexity index is 397. The van der Waals surface area contributed by atoms with Crippen LogP contribution in [0.15, 0.2) is 0 Å². The van der Waals surface area contributed by atoms with Crippen LogP contribution in [-0.4, -0.2) is 65.5 Å². The smallest absolute Gasteiger partial charge is 0.322 e. The molecule has 0 aromatic carbocycles. The van der Waals surface area contributed by atoms with E-state index in [-0.39, 0.29) is 13.2 Å². The summed E-state index contributed by atoms with van der Waals surface area (Å²) in [5, 5.41) is 18.1. The van der Waals surface area contributed by atoms with Crippen molar-refractivity contribution in [2.24, 2.45) is 0 Å². The largest absolute Gasteiger partial charge is 0.480 e. The number of aliphatic hydroxyl groups is 1. The molecule has 0 aromatic heterocycles. The van der Waals surface area contributed by atoms with Gasteiger partial charge in [-0.15, -0.1) is 0 Å². The van der Waals surface area contributed by atoms with Crippen LogP contribution in [0.3, 0.4) is 0 Å². The van der Waals surface area contributed by atoms with Gasteiger partial charge in [-0.05, 0) is 26.2 Å². The molecular formula is C10H20N2O5S. The van der Waals surface area contributed by atoms with Gasteiger partial charge in [-0.2, -0.15) is 17.0 Å². The zero-order valence-corrected chi connectivity index (χ0v) is 11.4. The third-order valence-electron chi connectivity index (χ3n) is 3.28. The normalized spacial score (nSPS) is 24.1. The summed E-state index contributed by atoms with van der Waals surface area (Å²) in [7, 11) is -2.49. The van der Waals surface area contributed by atoms with Gasteiger partial charge < -0.3 is 10.2 Å². The maximum atomic E-state index is 12.3. The second-order valence-electron chi connectivity index (χ2n) is 4.52. The number of piperidine rings is 1. The SMILES string of the molecule is CC(CO)N(C)S(=O)(=O)N1CCCCC1C(=O)O. The molecular weight excluding hydrogens is 260 g/mol. The topological polar surface area (TPSA) is 98.2 Å². The Labute approximate surface area is 107 Å². The molecule has 1 aliphatic rings. The Kier molecular flexibility index (Phi) is 5.09. The van der Waals surface area contributed by atoms with Crippen molar-refractivity contribution in [1.82, 2.24) is 8.61 Å². The molecule has 2 atom stereocenters. The average Bonchev–Trinajstić information content (AvgIpc) is 2.36. The van der Waals surface area contributed by atoms with Crippen LogP contribution < -0.4 is 0 Å². The van der Waals surface area contributed by atoms with Crippen LogP contribution in [0.4, 0.5) is 0 Å². The third kappa shape index (κ3) is 3.00. The van der Waals surface area contributed by atoms with Crippen molar-refractivity contribution in [3.05, 3.63) is 0 Å². The van der Waals surface area contributed by atoms with Gasteiger partial charge in [0.15, 0.2) is 0 Å². The van der Waals surface area contributed by atoms with Crippen LogP contribution in [0.25, 0.3) is 0 Å². The van der Waals surface area contributed by atoms with Gasteiger partial charge in [0.2, 0.25) is 0 Å². The lowest BCUT2D eigenvalue weighted by molar-refractivity contribution is -0.142. The standard InChI is InChI=1S/C10H20N2O5S/c1-8(7-13)11(2)18(16,17)12-6-4-3-5-9(12)10(14)15/h8-9,13H,3-7H2,1-2H3,(H,14,15). The molecule has 1 fully saturated rings. The number of carbonyl (C=O) groups is 1. The molecule has 0 spiro atoms. The molecule has 1 aliphatic heterocycles. The number of hydrogen-bond acceptors (Lipinski definition) is 4. The van der Waals surface area contributed by atoms with Crippen molar-refractivity contribution in [3.8, 4) is 0 Å². The molecule has 1 saturated heterocycles. The quantitative estimate of drug-likeness (QED) is 0.706. The van der Waals surface area contributed by atoms with E-state index in [0.717, 1.165) is 8.61 Å². The van der Waals surface area contributed by atoms with Crippen molar-refractivity contribution in [3.63, 3.8) is 0 Å². The molecule has 0 radical (unpaired) electrons. The van der Waals surface area contributed by atoms with Crippen molar-refractivity contribution >= 4 is 16.2 Å². The summed E-state index contributed by atoms with van der Waals surface area (Å²) in [6, 6.07) is -1.58. The molecule has 8 heteroatoms. The third-order valence-corrected chi connectivity index (χ3v) is 5.40. The minimum atomic E-state index is -3.84. The molecule has 2 N–H and O–H groups in total.